The van der Waals surface area contributed by atoms with E-state index in [9.17, 15) is 9.18 Å². The van der Waals surface area contributed by atoms with Crippen LogP contribution in [0.2, 0.25) is 0 Å². The normalized spacial score (nSPS) is 11.7. The van der Waals surface area contributed by atoms with Crippen molar-refractivity contribution in [1.82, 2.24) is 15.5 Å². The summed E-state index contributed by atoms with van der Waals surface area (Å²) in [6.07, 6.45) is 3.55. The summed E-state index contributed by atoms with van der Waals surface area (Å²) in [5.41, 5.74) is 6.78. The highest BCUT2D eigenvalue weighted by Gasteiger charge is 2.14. The first-order chi connectivity index (χ1) is 12.0. The number of hydrogen-bond donors (Lipinski definition) is 2. The molecule has 1 aromatic carbocycles. The molecule has 26 heavy (non-hydrogen) atoms. The van der Waals surface area contributed by atoms with Crippen LogP contribution in [0.4, 0.5) is 4.39 Å². The number of rotatable bonds is 9. The van der Waals surface area contributed by atoms with Crippen molar-refractivity contribution < 1.29 is 13.7 Å². The van der Waals surface area contributed by atoms with Crippen LogP contribution in [0, 0.1) is 12.7 Å². The molecule has 0 radical (unpaired) electrons. The van der Waals surface area contributed by atoms with Gasteiger partial charge in [-0.25, -0.2) is 4.39 Å². The molecule has 0 fully saturated rings. The number of benzene rings is 1. The van der Waals surface area contributed by atoms with Crippen LogP contribution in [0.1, 0.15) is 44.1 Å². The first-order valence-electron chi connectivity index (χ1n) is 8.62. The second-order valence-electron chi connectivity index (χ2n) is 6.12. The summed E-state index contributed by atoms with van der Waals surface area (Å²) in [4.78, 5) is 16.2. The number of halogens is 2. The minimum atomic E-state index is -0.317. The maximum Gasteiger partial charge on any atom is 0.227 e. The summed E-state index contributed by atoms with van der Waals surface area (Å²) < 4.78 is 18.8. The molecule has 1 heterocycles. The van der Waals surface area contributed by atoms with Crippen molar-refractivity contribution in [3.05, 3.63) is 35.5 Å². The van der Waals surface area contributed by atoms with Crippen LogP contribution >= 0.6 is 12.4 Å². The Balaban J connectivity index is 0.00000338. The van der Waals surface area contributed by atoms with Gasteiger partial charge in [-0.3, -0.25) is 4.79 Å². The molecule has 2 rings (SSSR count). The van der Waals surface area contributed by atoms with Crippen molar-refractivity contribution >= 4 is 18.3 Å². The summed E-state index contributed by atoms with van der Waals surface area (Å²) in [6, 6.07) is 4.77. The van der Waals surface area contributed by atoms with Crippen LogP contribution in [0.15, 0.2) is 22.7 Å². The van der Waals surface area contributed by atoms with E-state index in [4.69, 9.17) is 10.3 Å². The summed E-state index contributed by atoms with van der Waals surface area (Å²) in [7, 11) is 0. The van der Waals surface area contributed by atoms with Gasteiger partial charge in [0.2, 0.25) is 17.6 Å². The molecule has 8 heteroatoms. The Labute approximate surface area is 159 Å². The zero-order valence-corrected chi connectivity index (χ0v) is 15.9. The molecule has 1 atom stereocenters. The van der Waals surface area contributed by atoms with E-state index in [0.29, 0.717) is 35.8 Å². The standard InChI is InChI=1S/C18H25FN4O2.ClH/c1-3-4-5-14(11-20)21-16(24)8-9-17-22-18(23-25-17)13-7-6-12(2)15(19)10-13;/h6-7,10,14H,3-5,8-9,11,20H2,1-2H3,(H,21,24);1H. The number of carbonyl (C=O) groups excluding carboxylic acids is 1. The van der Waals surface area contributed by atoms with E-state index in [0.717, 1.165) is 19.3 Å². The van der Waals surface area contributed by atoms with Crippen LogP contribution in [0.5, 0.6) is 0 Å². The Kier molecular flexibility index (Phi) is 9.23. The molecule has 0 saturated carbocycles. The molecule has 0 bridgehead atoms. The molecule has 1 unspecified atom stereocenters. The number of nitrogens with one attached hydrogen (secondary N) is 1. The Hall–Kier alpha value is -1.99. The van der Waals surface area contributed by atoms with Gasteiger partial charge in [0.25, 0.3) is 0 Å². The average molecular weight is 385 g/mol. The predicted molar refractivity (Wildman–Crippen MR) is 101 cm³/mol. The second kappa shape index (κ2) is 10.9. The minimum Gasteiger partial charge on any atom is -0.352 e. The first kappa shape index (κ1) is 22.1. The third-order valence-electron chi connectivity index (χ3n) is 4.02. The summed E-state index contributed by atoms with van der Waals surface area (Å²) in [5.74, 6) is 0.261. The maximum absolute atomic E-state index is 13.6. The summed E-state index contributed by atoms with van der Waals surface area (Å²) >= 11 is 0. The third-order valence-corrected chi connectivity index (χ3v) is 4.02. The van der Waals surface area contributed by atoms with E-state index in [1.54, 1.807) is 19.1 Å². The van der Waals surface area contributed by atoms with E-state index < -0.39 is 0 Å². The van der Waals surface area contributed by atoms with Gasteiger partial charge in [-0.2, -0.15) is 4.98 Å². The van der Waals surface area contributed by atoms with Crippen molar-refractivity contribution in [1.29, 1.82) is 0 Å². The van der Waals surface area contributed by atoms with E-state index in [2.05, 4.69) is 22.4 Å². The molecule has 0 saturated heterocycles. The number of unbranched alkanes of at least 4 members (excludes halogenated alkanes) is 1. The lowest BCUT2D eigenvalue weighted by molar-refractivity contribution is -0.121. The average Bonchev–Trinajstić information content (AvgIpc) is 3.08. The summed E-state index contributed by atoms with van der Waals surface area (Å²) in [5, 5.41) is 6.77. The highest BCUT2D eigenvalue weighted by molar-refractivity contribution is 5.85. The van der Waals surface area contributed by atoms with Crippen molar-refractivity contribution in [3.8, 4) is 11.4 Å². The lowest BCUT2D eigenvalue weighted by Gasteiger charge is -2.15. The number of amides is 1. The summed E-state index contributed by atoms with van der Waals surface area (Å²) in [6.45, 7) is 4.21. The van der Waals surface area contributed by atoms with Gasteiger partial charge in [0.05, 0.1) is 0 Å². The van der Waals surface area contributed by atoms with Gasteiger partial charge in [-0.05, 0) is 25.0 Å². The van der Waals surface area contributed by atoms with Gasteiger partial charge in [-0.15, -0.1) is 12.4 Å². The van der Waals surface area contributed by atoms with Crippen LogP contribution in [0.25, 0.3) is 11.4 Å². The molecular formula is C18H26ClFN4O2. The van der Waals surface area contributed by atoms with Gasteiger partial charge in [0, 0.05) is 31.0 Å². The number of nitrogens with two attached hydrogens (primary N) is 1. The molecule has 3 N–H and O–H groups in total. The number of aromatic nitrogens is 2. The van der Waals surface area contributed by atoms with E-state index in [-0.39, 0.29) is 36.6 Å². The van der Waals surface area contributed by atoms with E-state index in [1.165, 1.54) is 6.07 Å². The van der Waals surface area contributed by atoms with Crippen molar-refractivity contribution in [2.75, 3.05) is 6.54 Å². The molecule has 1 amide bonds. The van der Waals surface area contributed by atoms with Gasteiger partial charge in [0.15, 0.2) is 0 Å². The lowest BCUT2D eigenvalue weighted by Crippen LogP contribution is -2.40. The fourth-order valence-corrected chi connectivity index (χ4v) is 2.43. The number of carbonyl (C=O) groups is 1. The van der Waals surface area contributed by atoms with Gasteiger partial charge >= 0.3 is 0 Å². The van der Waals surface area contributed by atoms with Crippen LogP contribution in [-0.2, 0) is 11.2 Å². The molecule has 144 valence electrons. The zero-order chi connectivity index (χ0) is 18.2. The predicted octanol–water partition coefficient (Wildman–Crippen LogP) is 3.17. The topological polar surface area (TPSA) is 94.0 Å². The van der Waals surface area contributed by atoms with Crippen molar-refractivity contribution in [2.24, 2.45) is 5.73 Å². The van der Waals surface area contributed by atoms with Crippen LogP contribution in [0.3, 0.4) is 0 Å². The van der Waals surface area contributed by atoms with Crippen LogP contribution in [-0.4, -0.2) is 28.6 Å². The number of aryl methyl sites for hydroxylation is 2. The van der Waals surface area contributed by atoms with E-state index in [1.807, 2.05) is 0 Å². The van der Waals surface area contributed by atoms with Gasteiger partial charge in [0.1, 0.15) is 5.82 Å². The van der Waals surface area contributed by atoms with Gasteiger partial charge in [-0.1, -0.05) is 37.1 Å². The smallest absolute Gasteiger partial charge is 0.227 e. The highest BCUT2D eigenvalue weighted by Crippen LogP contribution is 2.19. The quantitative estimate of drug-likeness (QED) is 0.692. The van der Waals surface area contributed by atoms with Crippen molar-refractivity contribution in [2.45, 2.75) is 52.0 Å². The SMILES string of the molecule is CCCCC(CN)NC(=O)CCc1nc(-c2ccc(C)c(F)c2)no1.Cl. The van der Waals surface area contributed by atoms with Gasteiger partial charge < -0.3 is 15.6 Å². The lowest BCUT2D eigenvalue weighted by atomic mass is 10.1. The molecule has 6 nitrogen and oxygen atoms in total. The number of hydrogen-bond acceptors (Lipinski definition) is 5. The Morgan fingerprint density at radius 1 is 1.42 bits per heavy atom. The van der Waals surface area contributed by atoms with Crippen molar-refractivity contribution in [3.63, 3.8) is 0 Å². The van der Waals surface area contributed by atoms with Crippen LogP contribution < -0.4 is 11.1 Å². The number of nitrogens with zero attached hydrogens (tertiary/aromatic N) is 2. The van der Waals surface area contributed by atoms with E-state index >= 15 is 0 Å². The molecule has 0 aliphatic rings. The monoisotopic (exact) mass is 384 g/mol. The zero-order valence-electron chi connectivity index (χ0n) is 15.1. The molecular weight excluding hydrogens is 359 g/mol. The minimum absolute atomic E-state index is 0. The second-order valence-corrected chi connectivity index (χ2v) is 6.12. The maximum atomic E-state index is 13.6. The third kappa shape index (κ3) is 6.38. The Morgan fingerprint density at radius 3 is 2.85 bits per heavy atom. The molecule has 0 aliphatic heterocycles. The first-order valence-corrected chi connectivity index (χ1v) is 8.62. The molecule has 1 aromatic heterocycles. The Morgan fingerprint density at radius 2 is 2.19 bits per heavy atom. The highest BCUT2D eigenvalue weighted by atomic mass is 35.5. The molecule has 2 aromatic rings. The molecule has 0 aliphatic carbocycles. The fraction of sp³-hybridized carbons (Fsp3) is 0.500. The fourth-order valence-electron chi connectivity index (χ4n) is 2.43. The Bertz CT molecular complexity index is 708. The molecule has 0 spiro atoms. The largest absolute Gasteiger partial charge is 0.352 e.